The van der Waals surface area contributed by atoms with Crippen LogP contribution < -0.4 is 5.56 Å². The number of aromatic nitrogens is 4. The summed E-state index contributed by atoms with van der Waals surface area (Å²) in [6, 6.07) is 0. The molecular formula is C10H13N4O7PS. The van der Waals surface area contributed by atoms with Crippen LogP contribution in [0.2, 0.25) is 0 Å². The summed E-state index contributed by atoms with van der Waals surface area (Å²) < 4.78 is 22.5. The Balaban J connectivity index is 1.98. The lowest BCUT2D eigenvalue weighted by Crippen LogP contribution is -2.34. The highest BCUT2D eigenvalue weighted by atomic mass is 32.1. The molecule has 0 saturated carbocycles. The Morgan fingerprint density at radius 3 is 2.87 bits per heavy atom. The van der Waals surface area contributed by atoms with Gasteiger partial charge in [-0.25, -0.2) is 14.5 Å². The number of hydrogen-bond donors (Lipinski definition) is 5. The minimum absolute atomic E-state index is 0.0464. The molecule has 23 heavy (non-hydrogen) atoms. The number of aromatic amines is 1. The molecule has 13 heteroatoms. The van der Waals surface area contributed by atoms with Crippen molar-refractivity contribution >= 4 is 31.6 Å². The van der Waals surface area contributed by atoms with E-state index in [1.165, 1.54) is 17.2 Å². The number of phosphoric acid groups is 1. The number of aliphatic hydroxyl groups is 1. The van der Waals surface area contributed by atoms with Gasteiger partial charge >= 0.3 is 7.82 Å². The van der Waals surface area contributed by atoms with Gasteiger partial charge in [-0.2, -0.15) is 12.6 Å². The molecule has 0 bridgehead atoms. The topological polar surface area (TPSA) is 160 Å². The Morgan fingerprint density at radius 1 is 1.48 bits per heavy atom. The molecular weight excluding hydrogens is 351 g/mol. The molecule has 4 N–H and O–H groups in total. The molecule has 2 aromatic heterocycles. The number of nitrogens with one attached hydrogen (secondary N) is 1. The minimum atomic E-state index is -4.83. The van der Waals surface area contributed by atoms with Crippen LogP contribution in [-0.2, 0) is 13.8 Å². The van der Waals surface area contributed by atoms with Gasteiger partial charge in [-0.1, -0.05) is 0 Å². The van der Waals surface area contributed by atoms with Crippen LogP contribution in [-0.4, -0.2) is 58.5 Å². The van der Waals surface area contributed by atoms with Crippen LogP contribution in [0.3, 0.4) is 0 Å². The smallest absolute Gasteiger partial charge is 0.386 e. The third-order valence-corrected chi connectivity index (χ3v) is 4.27. The molecule has 0 unspecified atom stereocenters. The number of aliphatic hydroxyl groups excluding tert-OH is 1. The first-order chi connectivity index (χ1) is 10.8. The number of thiol groups is 1. The van der Waals surface area contributed by atoms with Crippen molar-refractivity contribution in [3.63, 3.8) is 0 Å². The largest absolute Gasteiger partial charge is 0.470 e. The summed E-state index contributed by atoms with van der Waals surface area (Å²) in [5.74, 6) is 0.0544. The van der Waals surface area contributed by atoms with Crippen molar-refractivity contribution in [1.29, 1.82) is 0 Å². The van der Waals surface area contributed by atoms with E-state index in [4.69, 9.17) is 14.5 Å². The Labute approximate surface area is 133 Å². The van der Waals surface area contributed by atoms with Crippen molar-refractivity contribution in [1.82, 2.24) is 19.5 Å². The molecule has 0 radical (unpaired) electrons. The summed E-state index contributed by atoms with van der Waals surface area (Å²) in [7, 11) is -4.83. The van der Waals surface area contributed by atoms with Gasteiger partial charge in [0.15, 0.2) is 17.4 Å². The zero-order chi connectivity index (χ0) is 16.8. The SMILES string of the molecule is O=c1[nH]cnc2c1ncn2[C@@H]1O[C@H](CS)[C@@H](OP(=O)(O)O)[C@H]1O. The van der Waals surface area contributed by atoms with Crippen molar-refractivity contribution in [3.05, 3.63) is 23.0 Å². The second kappa shape index (κ2) is 5.98. The zero-order valence-corrected chi connectivity index (χ0v) is 13.2. The second-order valence-corrected chi connectivity index (χ2v) is 6.41. The maximum Gasteiger partial charge on any atom is 0.470 e. The summed E-state index contributed by atoms with van der Waals surface area (Å²) in [6.45, 7) is 0. The Kier molecular flexibility index (Phi) is 4.31. The van der Waals surface area contributed by atoms with Crippen LogP contribution in [0, 0.1) is 0 Å². The molecule has 4 atom stereocenters. The van der Waals surface area contributed by atoms with Gasteiger partial charge in [0.2, 0.25) is 0 Å². The van der Waals surface area contributed by atoms with Gasteiger partial charge < -0.3 is 24.6 Å². The number of hydrogen-bond acceptors (Lipinski definition) is 8. The van der Waals surface area contributed by atoms with Gasteiger partial charge in [-0.3, -0.25) is 13.9 Å². The predicted octanol–water partition coefficient (Wildman–Crippen LogP) is -1.21. The lowest BCUT2D eigenvalue weighted by atomic mass is 10.1. The number of imidazole rings is 1. The van der Waals surface area contributed by atoms with E-state index in [1.807, 2.05) is 0 Å². The summed E-state index contributed by atoms with van der Waals surface area (Å²) in [5, 5.41) is 10.3. The van der Waals surface area contributed by atoms with Crippen LogP contribution in [0.15, 0.2) is 17.4 Å². The van der Waals surface area contributed by atoms with Crippen LogP contribution in [0.4, 0.5) is 0 Å². The molecule has 3 rings (SSSR count). The van der Waals surface area contributed by atoms with E-state index in [2.05, 4.69) is 32.1 Å². The molecule has 0 aliphatic carbocycles. The van der Waals surface area contributed by atoms with Crippen LogP contribution in [0.25, 0.3) is 11.2 Å². The summed E-state index contributed by atoms with van der Waals surface area (Å²) in [5.41, 5.74) is -0.257. The molecule has 1 fully saturated rings. The van der Waals surface area contributed by atoms with Crippen molar-refractivity contribution in [2.45, 2.75) is 24.5 Å². The maximum atomic E-state index is 11.6. The minimum Gasteiger partial charge on any atom is -0.386 e. The van der Waals surface area contributed by atoms with Gasteiger partial charge in [-0.15, -0.1) is 0 Å². The van der Waals surface area contributed by atoms with E-state index in [0.29, 0.717) is 0 Å². The Morgan fingerprint density at radius 2 is 2.22 bits per heavy atom. The Hall–Kier alpha value is -1.27. The third-order valence-electron chi connectivity index (χ3n) is 3.39. The highest BCUT2D eigenvalue weighted by molar-refractivity contribution is 7.80. The van der Waals surface area contributed by atoms with Gasteiger partial charge in [-0.05, 0) is 0 Å². The normalized spacial score (nSPS) is 28.5. The van der Waals surface area contributed by atoms with E-state index in [-0.39, 0.29) is 16.9 Å². The number of H-pyrrole nitrogens is 1. The van der Waals surface area contributed by atoms with Crippen molar-refractivity contribution < 1.29 is 28.7 Å². The van der Waals surface area contributed by atoms with Gasteiger partial charge in [0, 0.05) is 5.75 Å². The second-order valence-electron chi connectivity index (χ2n) is 4.85. The summed E-state index contributed by atoms with van der Waals surface area (Å²) >= 11 is 4.03. The van der Waals surface area contributed by atoms with E-state index in [9.17, 15) is 14.5 Å². The molecule has 1 aliphatic heterocycles. The molecule has 1 aliphatic rings. The molecule has 3 heterocycles. The lowest BCUT2D eigenvalue weighted by molar-refractivity contribution is -0.0288. The number of phosphoric ester groups is 1. The summed E-state index contributed by atoms with van der Waals surface area (Å²) in [6.07, 6.45) is -2.25. The van der Waals surface area contributed by atoms with Crippen molar-refractivity contribution in [3.8, 4) is 0 Å². The van der Waals surface area contributed by atoms with E-state index >= 15 is 0 Å². The van der Waals surface area contributed by atoms with Crippen LogP contribution >= 0.6 is 20.5 Å². The maximum absolute atomic E-state index is 11.6. The molecule has 11 nitrogen and oxygen atoms in total. The van der Waals surface area contributed by atoms with Crippen molar-refractivity contribution in [2.75, 3.05) is 5.75 Å². The highest BCUT2D eigenvalue weighted by Crippen LogP contribution is 2.44. The van der Waals surface area contributed by atoms with E-state index < -0.39 is 37.9 Å². The molecule has 0 amide bonds. The summed E-state index contributed by atoms with van der Waals surface area (Å²) in [4.78, 5) is 39.8. The van der Waals surface area contributed by atoms with E-state index in [0.717, 1.165) is 0 Å². The first-order valence-corrected chi connectivity index (χ1v) is 8.56. The first-order valence-electron chi connectivity index (χ1n) is 6.40. The number of ether oxygens (including phenoxy) is 1. The number of nitrogens with zero attached hydrogens (tertiary/aromatic N) is 3. The molecule has 0 aromatic carbocycles. The first kappa shape index (κ1) is 16.6. The number of rotatable bonds is 4. The third kappa shape index (κ3) is 3.06. The molecule has 0 spiro atoms. The standard InChI is InChI=1S/C10H13N4O7PS/c15-6-7(21-22(17,18)19)4(1-23)20-10(6)14-3-13-5-8(14)11-2-12-9(5)16/h2-4,6-7,10,15,23H,1H2,(H,11,12,16)(H2,17,18,19)/t4-,6-,7-,10-/m1/s1. The van der Waals surface area contributed by atoms with Crippen molar-refractivity contribution in [2.24, 2.45) is 0 Å². The van der Waals surface area contributed by atoms with Gasteiger partial charge in [0.25, 0.3) is 5.56 Å². The zero-order valence-electron chi connectivity index (χ0n) is 11.4. The van der Waals surface area contributed by atoms with Gasteiger partial charge in [0.05, 0.1) is 18.8 Å². The fourth-order valence-corrected chi connectivity index (χ4v) is 3.31. The Bertz CT molecular complexity index is 819. The average molecular weight is 364 g/mol. The van der Waals surface area contributed by atoms with Crippen LogP contribution in [0.5, 0.6) is 0 Å². The monoisotopic (exact) mass is 364 g/mol. The van der Waals surface area contributed by atoms with E-state index in [1.54, 1.807) is 0 Å². The number of fused-ring (bicyclic) bond motifs is 1. The molecule has 2 aromatic rings. The van der Waals surface area contributed by atoms with Gasteiger partial charge in [0.1, 0.15) is 12.2 Å². The quantitative estimate of drug-likeness (QED) is 0.331. The fraction of sp³-hybridized carbons (Fsp3) is 0.500. The highest BCUT2D eigenvalue weighted by Gasteiger charge is 2.48. The molecule has 126 valence electrons. The fourth-order valence-electron chi connectivity index (χ4n) is 2.43. The van der Waals surface area contributed by atoms with Crippen LogP contribution in [0.1, 0.15) is 6.23 Å². The average Bonchev–Trinajstić information content (AvgIpc) is 3.01. The lowest BCUT2D eigenvalue weighted by Gasteiger charge is -2.20. The molecule has 1 saturated heterocycles. The predicted molar refractivity (Wildman–Crippen MR) is 78.8 cm³/mol.